The third-order valence-electron chi connectivity index (χ3n) is 5.15. The molecule has 1 amide bonds. The topological polar surface area (TPSA) is 50.2 Å². The zero-order chi connectivity index (χ0) is 20.1. The highest BCUT2D eigenvalue weighted by molar-refractivity contribution is 6.42. The first-order valence-corrected chi connectivity index (χ1v) is 9.66. The largest absolute Gasteiger partial charge is 0.410 e. The Morgan fingerprint density at radius 1 is 1.14 bits per heavy atom. The maximum absolute atomic E-state index is 13.7. The summed E-state index contributed by atoms with van der Waals surface area (Å²) in [4.78, 5) is 14.2. The molecule has 2 aromatic rings. The van der Waals surface area contributed by atoms with Gasteiger partial charge in [0.25, 0.3) is 5.91 Å². The summed E-state index contributed by atoms with van der Waals surface area (Å²) < 4.78 is 42.1. The molecule has 150 valence electrons. The Balaban J connectivity index is 1.69. The van der Waals surface area contributed by atoms with Gasteiger partial charge in [-0.3, -0.25) is 4.79 Å². The van der Waals surface area contributed by atoms with Crippen LogP contribution < -0.4 is 5.32 Å². The van der Waals surface area contributed by atoms with Gasteiger partial charge in [-0.15, -0.1) is 0 Å². The molecule has 1 aromatic heterocycles. The summed E-state index contributed by atoms with van der Waals surface area (Å²) in [6, 6.07) is 3.66. The van der Waals surface area contributed by atoms with Gasteiger partial charge in [0.1, 0.15) is 5.82 Å². The van der Waals surface area contributed by atoms with E-state index in [1.807, 2.05) is 0 Å². The van der Waals surface area contributed by atoms with Crippen LogP contribution in [0.4, 0.5) is 19.0 Å². The molecule has 1 fully saturated rings. The molecule has 0 spiro atoms. The van der Waals surface area contributed by atoms with Gasteiger partial charge in [0, 0.05) is 25.6 Å². The van der Waals surface area contributed by atoms with Crippen molar-refractivity contribution in [2.45, 2.75) is 37.5 Å². The normalized spacial score (nSPS) is 22.1. The molecule has 5 nitrogen and oxygen atoms in total. The molecule has 0 saturated carbocycles. The number of carbonyl (C=O) groups excluding carboxylic acids is 1. The molecule has 0 aliphatic carbocycles. The number of aromatic nitrogens is 2. The predicted octanol–water partition coefficient (Wildman–Crippen LogP) is 5.09. The van der Waals surface area contributed by atoms with E-state index in [2.05, 4.69) is 10.4 Å². The van der Waals surface area contributed by atoms with E-state index in [0.29, 0.717) is 23.7 Å². The molecule has 28 heavy (non-hydrogen) atoms. The van der Waals surface area contributed by atoms with Crippen LogP contribution in [0.3, 0.4) is 0 Å². The number of halogens is 5. The number of nitrogens with one attached hydrogen (secondary N) is 1. The summed E-state index contributed by atoms with van der Waals surface area (Å²) in [5.74, 6) is -0.180. The summed E-state index contributed by atoms with van der Waals surface area (Å²) in [7, 11) is 0. The minimum Gasteiger partial charge on any atom is -0.363 e. The Labute approximate surface area is 169 Å². The number of likely N-dealkylation sites (tertiary alicyclic amines) is 1. The predicted molar refractivity (Wildman–Crippen MR) is 99.9 cm³/mol. The lowest BCUT2D eigenvalue weighted by molar-refractivity contribution is -0.173. The first-order valence-electron chi connectivity index (χ1n) is 8.91. The van der Waals surface area contributed by atoms with Crippen molar-refractivity contribution in [1.82, 2.24) is 14.7 Å². The van der Waals surface area contributed by atoms with E-state index < -0.39 is 18.3 Å². The van der Waals surface area contributed by atoms with Gasteiger partial charge in [0.15, 0.2) is 11.7 Å². The van der Waals surface area contributed by atoms with Gasteiger partial charge < -0.3 is 10.2 Å². The van der Waals surface area contributed by atoms with Gasteiger partial charge in [0.05, 0.1) is 16.1 Å². The molecular formula is C18H17Cl2F3N4O. The van der Waals surface area contributed by atoms with Crippen LogP contribution in [0.25, 0.3) is 0 Å². The van der Waals surface area contributed by atoms with E-state index in [1.54, 1.807) is 23.1 Å². The van der Waals surface area contributed by atoms with Gasteiger partial charge in [-0.1, -0.05) is 29.3 Å². The van der Waals surface area contributed by atoms with Crippen LogP contribution in [0.1, 0.15) is 47.4 Å². The standard InChI is InChI=1S/C18H17Cl2F3N4O/c19-11-4-3-10(7-12(11)20)13-8-15(18(21,22)23)27-16(24-13)9-14(25-27)17(28)26-5-1-2-6-26/h3-4,7,9,13,15,24H,1-2,5-6,8H2/t13-,15+/m0/s1. The Hall–Kier alpha value is -1.93. The zero-order valence-corrected chi connectivity index (χ0v) is 16.2. The monoisotopic (exact) mass is 432 g/mol. The zero-order valence-electron chi connectivity index (χ0n) is 14.6. The second-order valence-corrected chi connectivity index (χ2v) is 7.84. The maximum Gasteiger partial charge on any atom is 0.410 e. The highest BCUT2D eigenvalue weighted by Crippen LogP contribution is 2.44. The number of hydrogen-bond acceptors (Lipinski definition) is 3. The fourth-order valence-corrected chi connectivity index (χ4v) is 4.01. The minimum absolute atomic E-state index is 0.0217. The molecule has 2 aliphatic heterocycles. The second-order valence-electron chi connectivity index (χ2n) is 7.02. The summed E-state index contributed by atoms with van der Waals surface area (Å²) in [6.07, 6.45) is -3.00. The van der Waals surface area contributed by atoms with E-state index >= 15 is 0 Å². The van der Waals surface area contributed by atoms with Gasteiger partial charge in [-0.05, 0) is 30.5 Å². The first kappa shape index (κ1) is 19.4. The van der Waals surface area contributed by atoms with Gasteiger partial charge in [0.2, 0.25) is 0 Å². The number of amides is 1. The van der Waals surface area contributed by atoms with Crippen LogP contribution in [0, 0.1) is 0 Å². The Morgan fingerprint density at radius 3 is 2.50 bits per heavy atom. The van der Waals surface area contributed by atoms with Crippen molar-refractivity contribution >= 4 is 34.9 Å². The molecule has 1 aromatic carbocycles. The Morgan fingerprint density at radius 2 is 1.86 bits per heavy atom. The van der Waals surface area contributed by atoms with Crippen LogP contribution >= 0.6 is 23.2 Å². The molecule has 0 radical (unpaired) electrons. The third-order valence-corrected chi connectivity index (χ3v) is 5.89. The summed E-state index contributed by atoms with van der Waals surface area (Å²) in [6.45, 7) is 1.20. The maximum atomic E-state index is 13.7. The quantitative estimate of drug-likeness (QED) is 0.718. The number of rotatable bonds is 2. The lowest BCUT2D eigenvalue weighted by Crippen LogP contribution is -2.36. The van der Waals surface area contributed by atoms with Crippen LogP contribution in [-0.2, 0) is 0 Å². The molecule has 2 atom stereocenters. The fraction of sp³-hybridized carbons (Fsp3) is 0.444. The number of fused-ring (bicyclic) bond motifs is 1. The van der Waals surface area contributed by atoms with Crippen molar-refractivity contribution < 1.29 is 18.0 Å². The van der Waals surface area contributed by atoms with Crippen molar-refractivity contribution in [3.63, 3.8) is 0 Å². The third kappa shape index (κ3) is 3.55. The average molecular weight is 433 g/mol. The SMILES string of the molecule is O=C(c1cc2n(n1)[C@@H](C(F)(F)F)C[C@@H](c1ccc(Cl)c(Cl)c1)N2)N1CCCC1. The molecule has 3 heterocycles. The number of alkyl halides is 3. The number of carbonyl (C=O) groups is 1. The molecule has 0 bridgehead atoms. The first-order chi connectivity index (χ1) is 13.2. The highest BCUT2D eigenvalue weighted by atomic mass is 35.5. The number of nitrogens with zero attached hydrogens (tertiary/aromatic N) is 3. The van der Waals surface area contributed by atoms with Gasteiger partial charge >= 0.3 is 6.18 Å². The van der Waals surface area contributed by atoms with Gasteiger partial charge in [-0.2, -0.15) is 18.3 Å². The number of anilines is 1. The van der Waals surface area contributed by atoms with Crippen molar-refractivity contribution in [3.8, 4) is 0 Å². The van der Waals surface area contributed by atoms with E-state index in [1.165, 1.54) is 6.07 Å². The minimum atomic E-state index is -4.51. The molecule has 0 unspecified atom stereocenters. The summed E-state index contributed by atoms with van der Waals surface area (Å²) in [5.41, 5.74) is 0.608. The summed E-state index contributed by atoms with van der Waals surface area (Å²) >= 11 is 11.9. The highest BCUT2D eigenvalue weighted by Gasteiger charge is 2.47. The fourth-order valence-electron chi connectivity index (χ4n) is 3.71. The van der Waals surface area contributed by atoms with Crippen LogP contribution in [0.2, 0.25) is 10.0 Å². The molecule has 4 rings (SSSR count). The van der Waals surface area contributed by atoms with Crippen molar-refractivity contribution in [2.75, 3.05) is 18.4 Å². The molecule has 1 N–H and O–H groups in total. The lowest BCUT2D eigenvalue weighted by atomic mass is 9.97. The van der Waals surface area contributed by atoms with E-state index in [4.69, 9.17) is 23.2 Å². The molecular weight excluding hydrogens is 416 g/mol. The van der Waals surface area contributed by atoms with E-state index in [-0.39, 0.29) is 28.9 Å². The Kier molecular flexibility index (Phi) is 4.95. The van der Waals surface area contributed by atoms with Crippen molar-refractivity contribution in [3.05, 3.63) is 45.6 Å². The summed E-state index contributed by atoms with van der Waals surface area (Å²) in [5, 5.41) is 7.66. The smallest absolute Gasteiger partial charge is 0.363 e. The van der Waals surface area contributed by atoms with Crippen molar-refractivity contribution in [2.24, 2.45) is 0 Å². The van der Waals surface area contributed by atoms with Gasteiger partial charge in [-0.25, -0.2) is 4.68 Å². The van der Waals surface area contributed by atoms with E-state index in [0.717, 1.165) is 17.5 Å². The Bertz CT molecular complexity index is 909. The van der Waals surface area contributed by atoms with E-state index in [9.17, 15) is 18.0 Å². The number of benzene rings is 1. The average Bonchev–Trinajstić information content (AvgIpc) is 3.31. The lowest BCUT2D eigenvalue weighted by Gasteiger charge is -2.33. The van der Waals surface area contributed by atoms with Crippen LogP contribution in [0.15, 0.2) is 24.3 Å². The number of hydrogen-bond donors (Lipinski definition) is 1. The van der Waals surface area contributed by atoms with Crippen LogP contribution in [0.5, 0.6) is 0 Å². The second kappa shape index (κ2) is 7.15. The molecule has 10 heteroatoms. The molecule has 2 aliphatic rings. The van der Waals surface area contributed by atoms with Crippen molar-refractivity contribution in [1.29, 1.82) is 0 Å². The molecule has 1 saturated heterocycles. The van der Waals surface area contributed by atoms with Crippen LogP contribution in [-0.4, -0.2) is 39.9 Å².